The number of aromatic nitrogens is 1. The van der Waals surface area contributed by atoms with Gasteiger partial charge in [-0.15, -0.1) is 0 Å². The van der Waals surface area contributed by atoms with E-state index in [1.54, 1.807) is 6.20 Å². The zero-order valence-electron chi connectivity index (χ0n) is 13.6. The minimum atomic E-state index is -0.460. The number of carbonyl (C=O) groups excluding carboxylic acids is 1. The highest BCUT2D eigenvalue weighted by Crippen LogP contribution is 2.19. The molecular formula is C15H26N4O2. The second-order valence-corrected chi connectivity index (χ2v) is 5.98. The first-order chi connectivity index (χ1) is 9.79. The van der Waals surface area contributed by atoms with Crippen molar-refractivity contribution in [3.05, 3.63) is 18.3 Å². The third-order valence-electron chi connectivity index (χ3n) is 2.55. The topological polar surface area (TPSA) is 66.5 Å². The summed E-state index contributed by atoms with van der Waals surface area (Å²) in [5, 5.41) is 6.06. The van der Waals surface area contributed by atoms with Crippen molar-refractivity contribution in [2.45, 2.75) is 32.8 Å². The fraction of sp³-hybridized carbons (Fsp3) is 0.600. The molecule has 1 aromatic rings. The van der Waals surface area contributed by atoms with E-state index in [4.69, 9.17) is 4.74 Å². The molecule has 0 bridgehead atoms. The Morgan fingerprint density at radius 2 is 2.05 bits per heavy atom. The van der Waals surface area contributed by atoms with Crippen LogP contribution in [0, 0.1) is 0 Å². The van der Waals surface area contributed by atoms with Crippen molar-refractivity contribution in [3.63, 3.8) is 0 Å². The first-order valence-electron chi connectivity index (χ1n) is 7.12. The van der Waals surface area contributed by atoms with Crippen LogP contribution >= 0.6 is 0 Å². The lowest BCUT2D eigenvalue weighted by atomic mass is 10.2. The first-order valence-corrected chi connectivity index (χ1v) is 7.12. The molecule has 0 aliphatic rings. The van der Waals surface area contributed by atoms with Crippen LogP contribution in [0.15, 0.2) is 18.3 Å². The number of hydrogen-bond acceptors (Lipinski definition) is 5. The monoisotopic (exact) mass is 294 g/mol. The van der Waals surface area contributed by atoms with Crippen molar-refractivity contribution in [1.29, 1.82) is 0 Å². The van der Waals surface area contributed by atoms with Crippen LogP contribution in [0.5, 0.6) is 0 Å². The summed E-state index contributed by atoms with van der Waals surface area (Å²) in [6.45, 7) is 6.86. The van der Waals surface area contributed by atoms with Gasteiger partial charge in [0.1, 0.15) is 5.60 Å². The average Bonchev–Trinajstić information content (AvgIpc) is 2.36. The maximum absolute atomic E-state index is 11.5. The van der Waals surface area contributed by atoms with Gasteiger partial charge in [0.15, 0.2) is 5.82 Å². The van der Waals surface area contributed by atoms with Gasteiger partial charge >= 0.3 is 6.09 Å². The molecule has 118 valence electrons. The lowest BCUT2D eigenvalue weighted by Crippen LogP contribution is -2.33. The number of ether oxygens (including phenoxy) is 1. The Balaban J connectivity index is 2.28. The maximum Gasteiger partial charge on any atom is 0.407 e. The summed E-state index contributed by atoms with van der Waals surface area (Å²) in [6.07, 6.45) is 2.20. The van der Waals surface area contributed by atoms with Crippen LogP contribution in [0.25, 0.3) is 0 Å². The van der Waals surface area contributed by atoms with Crippen molar-refractivity contribution < 1.29 is 9.53 Å². The van der Waals surface area contributed by atoms with Crippen molar-refractivity contribution in [2.75, 3.05) is 37.4 Å². The number of alkyl carbamates (subject to hydrolysis) is 1. The fourth-order valence-corrected chi connectivity index (χ4v) is 1.71. The summed E-state index contributed by atoms with van der Waals surface area (Å²) in [6, 6.07) is 3.89. The molecule has 0 aromatic carbocycles. The van der Waals surface area contributed by atoms with Gasteiger partial charge in [0.2, 0.25) is 0 Å². The van der Waals surface area contributed by atoms with Gasteiger partial charge in [0.05, 0.1) is 5.69 Å². The molecule has 1 aromatic heterocycles. The van der Waals surface area contributed by atoms with Crippen LogP contribution in [-0.4, -0.2) is 43.9 Å². The van der Waals surface area contributed by atoms with Crippen LogP contribution in [-0.2, 0) is 4.74 Å². The number of carbonyl (C=O) groups is 1. The molecule has 1 rings (SSSR count). The Bertz CT molecular complexity index is 455. The third-order valence-corrected chi connectivity index (χ3v) is 2.55. The Labute approximate surface area is 126 Å². The number of rotatable bonds is 6. The second kappa shape index (κ2) is 7.71. The minimum Gasteiger partial charge on any atom is -0.444 e. The summed E-state index contributed by atoms with van der Waals surface area (Å²) >= 11 is 0. The summed E-state index contributed by atoms with van der Waals surface area (Å²) in [5.74, 6) is 0.901. The number of pyridine rings is 1. The molecule has 1 heterocycles. The van der Waals surface area contributed by atoms with Gasteiger partial charge in [0, 0.05) is 33.4 Å². The van der Waals surface area contributed by atoms with Crippen LogP contribution < -0.4 is 15.5 Å². The van der Waals surface area contributed by atoms with E-state index < -0.39 is 5.60 Å². The Kier molecular flexibility index (Phi) is 6.27. The minimum absolute atomic E-state index is 0.377. The van der Waals surface area contributed by atoms with Gasteiger partial charge in [-0.3, -0.25) is 0 Å². The Morgan fingerprint density at radius 1 is 1.33 bits per heavy atom. The molecule has 0 spiro atoms. The van der Waals surface area contributed by atoms with Crippen molar-refractivity contribution in [3.8, 4) is 0 Å². The molecule has 0 aliphatic heterocycles. The van der Waals surface area contributed by atoms with E-state index in [1.807, 2.05) is 51.9 Å². The van der Waals surface area contributed by atoms with Crippen LogP contribution in [0.1, 0.15) is 27.2 Å². The number of anilines is 2. The number of hydrogen-bond donors (Lipinski definition) is 2. The summed E-state index contributed by atoms with van der Waals surface area (Å²) < 4.78 is 5.17. The van der Waals surface area contributed by atoms with Gasteiger partial charge in [-0.05, 0) is 39.3 Å². The van der Waals surface area contributed by atoms with Crippen molar-refractivity contribution >= 4 is 17.6 Å². The van der Waals surface area contributed by atoms with E-state index in [9.17, 15) is 4.79 Å². The molecule has 0 atom stereocenters. The lowest BCUT2D eigenvalue weighted by Gasteiger charge is -2.20. The summed E-state index contributed by atoms with van der Waals surface area (Å²) in [4.78, 5) is 17.7. The molecule has 0 fully saturated rings. The van der Waals surface area contributed by atoms with E-state index in [0.29, 0.717) is 6.54 Å². The van der Waals surface area contributed by atoms with E-state index in [1.165, 1.54) is 0 Å². The van der Waals surface area contributed by atoms with Gasteiger partial charge in [-0.1, -0.05) is 0 Å². The smallest absolute Gasteiger partial charge is 0.407 e. The average molecular weight is 294 g/mol. The quantitative estimate of drug-likeness (QED) is 0.789. The van der Waals surface area contributed by atoms with Crippen LogP contribution in [0.3, 0.4) is 0 Å². The van der Waals surface area contributed by atoms with E-state index in [0.717, 1.165) is 24.5 Å². The van der Waals surface area contributed by atoms with Gasteiger partial charge in [-0.25, -0.2) is 9.78 Å². The highest BCUT2D eigenvalue weighted by Gasteiger charge is 2.15. The number of nitrogens with one attached hydrogen (secondary N) is 2. The number of nitrogens with zero attached hydrogens (tertiary/aromatic N) is 2. The highest BCUT2D eigenvalue weighted by atomic mass is 16.6. The van der Waals surface area contributed by atoms with Gasteiger partial charge in [0.25, 0.3) is 0 Å². The standard InChI is InChI=1S/C15H26N4O2/c1-15(2,3)21-14(20)18-11-7-10-16-12-8-6-9-17-13(12)19(4)5/h6,8-9,16H,7,10-11H2,1-5H3,(H,18,20). The van der Waals surface area contributed by atoms with Gasteiger partial charge < -0.3 is 20.3 Å². The lowest BCUT2D eigenvalue weighted by molar-refractivity contribution is 0.0528. The molecule has 6 heteroatoms. The van der Waals surface area contributed by atoms with Gasteiger partial charge in [-0.2, -0.15) is 0 Å². The molecule has 2 N–H and O–H groups in total. The molecular weight excluding hydrogens is 268 g/mol. The zero-order chi connectivity index (χ0) is 15.9. The van der Waals surface area contributed by atoms with E-state index in [-0.39, 0.29) is 6.09 Å². The summed E-state index contributed by atoms with van der Waals surface area (Å²) in [5.41, 5.74) is 0.526. The van der Waals surface area contributed by atoms with E-state index in [2.05, 4.69) is 15.6 Å². The predicted molar refractivity (Wildman–Crippen MR) is 85.9 cm³/mol. The Morgan fingerprint density at radius 3 is 2.67 bits per heavy atom. The van der Waals surface area contributed by atoms with Crippen molar-refractivity contribution in [1.82, 2.24) is 10.3 Å². The molecule has 0 saturated heterocycles. The van der Waals surface area contributed by atoms with Crippen LogP contribution in [0.2, 0.25) is 0 Å². The normalized spacial score (nSPS) is 10.9. The zero-order valence-corrected chi connectivity index (χ0v) is 13.6. The molecule has 1 amide bonds. The first kappa shape index (κ1) is 17.1. The Hall–Kier alpha value is -1.98. The molecule has 21 heavy (non-hydrogen) atoms. The molecule has 6 nitrogen and oxygen atoms in total. The second-order valence-electron chi connectivity index (χ2n) is 5.98. The largest absolute Gasteiger partial charge is 0.444 e. The molecule has 0 radical (unpaired) electrons. The SMILES string of the molecule is CN(C)c1ncccc1NCCCNC(=O)OC(C)(C)C. The third kappa shape index (κ3) is 6.83. The van der Waals surface area contributed by atoms with Crippen molar-refractivity contribution in [2.24, 2.45) is 0 Å². The number of amides is 1. The summed E-state index contributed by atoms with van der Waals surface area (Å²) in [7, 11) is 3.91. The predicted octanol–water partition coefficient (Wildman–Crippen LogP) is 2.47. The fourth-order valence-electron chi connectivity index (χ4n) is 1.71. The molecule has 0 unspecified atom stereocenters. The maximum atomic E-state index is 11.5. The van der Waals surface area contributed by atoms with Crippen LogP contribution in [0.4, 0.5) is 16.3 Å². The highest BCUT2D eigenvalue weighted by molar-refractivity contribution is 5.67. The molecule has 0 aliphatic carbocycles. The molecule has 0 saturated carbocycles. The van der Waals surface area contributed by atoms with E-state index >= 15 is 0 Å².